The molecular formula is C14H22N2. The Kier molecular flexibility index (Phi) is 4.71. The minimum atomic E-state index is 0.172. The van der Waals surface area contributed by atoms with Crippen LogP contribution in [0.25, 0.3) is 0 Å². The predicted octanol–water partition coefficient (Wildman–Crippen LogP) is 3.16. The van der Waals surface area contributed by atoms with E-state index in [1.54, 1.807) is 0 Å². The summed E-state index contributed by atoms with van der Waals surface area (Å²) in [6, 6.07) is 6.71. The van der Waals surface area contributed by atoms with Gasteiger partial charge in [-0.1, -0.05) is 48.4 Å². The van der Waals surface area contributed by atoms with Crippen molar-refractivity contribution >= 4 is 0 Å². The van der Waals surface area contributed by atoms with Gasteiger partial charge < -0.3 is 0 Å². The van der Waals surface area contributed by atoms with Crippen LogP contribution in [0.15, 0.2) is 30.4 Å². The Balaban J connectivity index is 2.90. The van der Waals surface area contributed by atoms with Crippen LogP contribution in [0, 0.1) is 13.8 Å². The van der Waals surface area contributed by atoms with Gasteiger partial charge in [-0.3, -0.25) is 11.3 Å². The Morgan fingerprint density at radius 2 is 1.88 bits per heavy atom. The van der Waals surface area contributed by atoms with Crippen molar-refractivity contribution < 1.29 is 0 Å². The van der Waals surface area contributed by atoms with Crippen molar-refractivity contribution in [2.24, 2.45) is 5.84 Å². The van der Waals surface area contributed by atoms with Gasteiger partial charge in [-0.05, 0) is 32.3 Å². The van der Waals surface area contributed by atoms with Crippen LogP contribution in [0.5, 0.6) is 0 Å². The molecule has 1 aromatic rings. The quantitative estimate of drug-likeness (QED) is 0.452. The zero-order valence-electron chi connectivity index (χ0n) is 10.5. The molecule has 88 valence electrons. The van der Waals surface area contributed by atoms with Gasteiger partial charge in [0.1, 0.15) is 0 Å². The van der Waals surface area contributed by atoms with Crippen molar-refractivity contribution in [1.29, 1.82) is 0 Å². The normalized spacial score (nSPS) is 12.5. The van der Waals surface area contributed by atoms with Crippen molar-refractivity contribution in [2.75, 3.05) is 0 Å². The summed E-state index contributed by atoms with van der Waals surface area (Å²) in [6.07, 6.45) is 1.90. The first-order valence-electron chi connectivity index (χ1n) is 5.77. The third-order valence-electron chi connectivity index (χ3n) is 2.84. The van der Waals surface area contributed by atoms with Gasteiger partial charge in [0.15, 0.2) is 0 Å². The highest BCUT2D eigenvalue weighted by Gasteiger charge is 2.11. The molecular weight excluding hydrogens is 196 g/mol. The van der Waals surface area contributed by atoms with E-state index in [1.165, 1.54) is 22.3 Å². The lowest BCUT2D eigenvalue weighted by molar-refractivity contribution is 0.544. The van der Waals surface area contributed by atoms with Crippen molar-refractivity contribution in [2.45, 2.75) is 39.7 Å². The number of benzene rings is 1. The van der Waals surface area contributed by atoms with E-state index in [9.17, 15) is 0 Å². The van der Waals surface area contributed by atoms with Crippen LogP contribution >= 0.6 is 0 Å². The van der Waals surface area contributed by atoms with Gasteiger partial charge in [0.25, 0.3) is 0 Å². The average molecular weight is 218 g/mol. The summed E-state index contributed by atoms with van der Waals surface area (Å²) in [5.41, 5.74) is 7.90. The molecule has 0 aliphatic heterocycles. The molecule has 16 heavy (non-hydrogen) atoms. The first-order chi connectivity index (χ1) is 7.56. The van der Waals surface area contributed by atoms with E-state index in [1.807, 2.05) is 0 Å². The summed E-state index contributed by atoms with van der Waals surface area (Å²) >= 11 is 0. The van der Waals surface area contributed by atoms with Crippen molar-refractivity contribution in [3.8, 4) is 0 Å². The molecule has 0 radical (unpaired) electrons. The molecule has 0 amide bonds. The maximum absolute atomic E-state index is 5.62. The Bertz CT molecular complexity index is 349. The van der Waals surface area contributed by atoms with Crippen LogP contribution < -0.4 is 11.3 Å². The van der Waals surface area contributed by atoms with Crippen LogP contribution in [0.4, 0.5) is 0 Å². The second-order valence-electron chi connectivity index (χ2n) is 4.45. The third kappa shape index (κ3) is 3.47. The summed E-state index contributed by atoms with van der Waals surface area (Å²) < 4.78 is 0. The Hall–Kier alpha value is -1.12. The molecule has 0 spiro atoms. The molecule has 0 aliphatic rings. The lowest BCUT2D eigenvalue weighted by Gasteiger charge is -2.18. The highest BCUT2D eigenvalue weighted by molar-refractivity contribution is 5.31. The van der Waals surface area contributed by atoms with E-state index in [-0.39, 0.29) is 6.04 Å². The molecule has 1 aromatic carbocycles. The number of aryl methyl sites for hydroxylation is 2. The SMILES string of the molecule is C=C(CC)CC(NN)c1cc(C)cc(C)c1. The molecule has 0 saturated heterocycles. The Morgan fingerprint density at radius 3 is 2.31 bits per heavy atom. The molecule has 1 atom stereocenters. The smallest absolute Gasteiger partial charge is 0.0497 e. The summed E-state index contributed by atoms with van der Waals surface area (Å²) in [5, 5.41) is 0. The third-order valence-corrected chi connectivity index (χ3v) is 2.84. The largest absolute Gasteiger partial charge is 0.271 e. The van der Waals surface area contributed by atoms with Gasteiger partial charge >= 0.3 is 0 Å². The van der Waals surface area contributed by atoms with Crippen LogP contribution in [0.1, 0.15) is 42.5 Å². The molecule has 2 nitrogen and oxygen atoms in total. The standard InChI is InChI=1S/C14H22N2/c1-5-10(2)9-14(16-15)13-7-11(3)6-12(4)8-13/h6-8,14,16H,2,5,9,15H2,1,3-4H3. The van der Waals surface area contributed by atoms with Gasteiger partial charge in [0.05, 0.1) is 0 Å². The van der Waals surface area contributed by atoms with Gasteiger partial charge in [0.2, 0.25) is 0 Å². The molecule has 3 N–H and O–H groups in total. The molecule has 0 bridgehead atoms. The van der Waals surface area contributed by atoms with Crippen LogP contribution in [-0.4, -0.2) is 0 Å². The number of hydrogen-bond acceptors (Lipinski definition) is 2. The zero-order valence-corrected chi connectivity index (χ0v) is 10.5. The monoisotopic (exact) mass is 218 g/mol. The fourth-order valence-electron chi connectivity index (χ4n) is 1.92. The van der Waals surface area contributed by atoms with Crippen molar-refractivity contribution in [1.82, 2.24) is 5.43 Å². The average Bonchev–Trinajstić information content (AvgIpc) is 2.24. The molecule has 1 unspecified atom stereocenters. The number of nitrogens with one attached hydrogen (secondary N) is 1. The number of hydrazine groups is 1. The lowest BCUT2D eigenvalue weighted by Crippen LogP contribution is -2.28. The number of nitrogens with two attached hydrogens (primary N) is 1. The van der Waals surface area contributed by atoms with E-state index >= 15 is 0 Å². The van der Waals surface area contributed by atoms with Gasteiger partial charge in [-0.25, -0.2) is 0 Å². The highest BCUT2D eigenvalue weighted by atomic mass is 15.2. The van der Waals surface area contributed by atoms with Gasteiger partial charge in [0, 0.05) is 6.04 Å². The summed E-state index contributed by atoms with van der Waals surface area (Å²) in [7, 11) is 0. The maximum atomic E-state index is 5.62. The number of hydrogen-bond donors (Lipinski definition) is 2. The second kappa shape index (κ2) is 5.83. The first kappa shape index (κ1) is 12.9. The highest BCUT2D eigenvalue weighted by Crippen LogP contribution is 2.23. The van der Waals surface area contributed by atoms with Gasteiger partial charge in [-0.2, -0.15) is 0 Å². The van der Waals surface area contributed by atoms with E-state index < -0.39 is 0 Å². The molecule has 0 saturated carbocycles. The summed E-state index contributed by atoms with van der Waals surface area (Å²) in [5.74, 6) is 5.62. The van der Waals surface area contributed by atoms with E-state index in [0.29, 0.717) is 0 Å². The van der Waals surface area contributed by atoms with Crippen LogP contribution in [-0.2, 0) is 0 Å². The zero-order chi connectivity index (χ0) is 12.1. The summed E-state index contributed by atoms with van der Waals surface area (Å²) in [4.78, 5) is 0. The van der Waals surface area contributed by atoms with E-state index in [0.717, 1.165) is 12.8 Å². The van der Waals surface area contributed by atoms with Crippen molar-refractivity contribution in [3.05, 3.63) is 47.0 Å². The maximum Gasteiger partial charge on any atom is 0.0497 e. The van der Waals surface area contributed by atoms with E-state index in [2.05, 4.69) is 51.0 Å². The second-order valence-corrected chi connectivity index (χ2v) is 4.45. The summed E-state index contributed by atoms with van der Waals surface area (Å²) in [6.45, 7) is 10.4. The molecule has 0 aliphatic carbocycles. The lowest BCUT2D eigenvalue weighted by atomic mass is 9.96. The fourth-order valence-corrected chi connectivity index (χ4v) is 1.92. The van der Waals surface area contributed by atoms with Crippen LogP contribution in [0.2, 0.25) is 0 Å². The van der Waals surface area contributed by atoms with Crippen LogP contribution in [0.3, 0.4) is 0 Å². The Labute approximate surface area is 98.5 Å². The molecule has 0 fully saturated rings. The molecule has 0 aromatic heterocycles. The Morgan fingerprint density at radius 1 is 1.31 bits per heavy atom. The van der Waals surface area contributed by atoms with E-state index in [4.69, 9.17) is 5.84 Å². The first-order valence-corrected chi connectivity index (χ1v) is 5.77. The molecule has 1 rings (SSSR count). The fraction of sp³-hybridized carbons (Fsp3) is 0.429. The topological polar surface area (TPSA) is 38.0 Å². The molecule has 0 heterocycles. The van der Waals surface area contributed by atoms with Crippen molar-refractivity contribution in [3.63, 3.8) is 0 Å². The number of rotatable bonds is 5. The minimum Gasteiger partial charge on any atom is -0.271 e. The predicted molar refractivity (Wildman–Crippen MR) is 70.0 cm³/mol. The van der Waals surface area contributed by atoms with Gasteiger partial charge in [-0.15, -0.1) is 0 Å². The molecule has 2 heteroatoms. The minimum absolute atomic E-state index is 0.172.